The van der Waals surface area contributed by atoms with Gasteiger partial charge in [-0.25, -0.2) is 8.42 Å². The Hall–Kier alpha value is -2.05. The average molecular weight is 395 g/mol. The molecule has 26 heavy (non-hydrogen) atoms. The van der Waals surface area contributed by atoms with Crippen LogP contribution >= 0.6 is 11.6 Å². The fraction of sp³-hybridized carbons (Fsp3) is 0.316. The van der Waals surface area contributed by atoms with Gasteiger partial charge in [0.25, 0.3) is 0 Å². The second-order valence-electron chi connectivity index (χ2n) is 6.27. The molecular weight excluding hydrogens is 372 g/mol. The molecule has 0 aliphatic carbocycles. The van der Waals surface area contributed by atoms with Gasteiger partial charge in [-0.05, 0) is 56.2 Å². The van der Waals surface area contributed by atoms with E-state index >= 15 is 0 Å². The lowest BCUT2D eigenvalue weighted by molar-refractivity contribution is -0.117. The first kappa shape index (κ1) is 20.3. The summed E-state index contributed by atoms with van der Waals surface area (Å²) in [6.45, 7) is 5.53. The molecule has 0 aliphatic rings. The third-order valence-electron chi connectivity index (χ3n) is 4.06. The minimum Gasteiger partial charge on any atom is -0.324 e. The molecular formula is C19H23ClN2O3S. The molecule has 7 heteroatoms. The summed E-state index contributed by atoms with van der Waals surface area (Å²) in [6, 6.07) is 11.3. The molecule has 0 radical (unpaired) electrons. The quantitative estimate of drug-likeness (QED) is 0.800. The molecule has 0 saturated heterocycles. The maximum atomic E-state index is 12.9. The lowest BCUT2D eigenvalue weighted by atomic mass is 10.1. The molecule has 0 spiro atoms. The van der Waals surface area contributed by atoms with Gasteiger partial charge in [0, 0.05) is 10.7 Å². The van der Waals surface area contributed by atoms with Crippen LogP contribution in [0, 0.1) is 13.8 Å². The first-order chi connectivity index (χ1) is 12.1. The standard InChI is InChI=1S/C19H23ClN2O3S/c1-5-18(19(23)21-17-11-8-15(20)12-14(17)3)22(26(4,24)25)16-9-6-13(2)7-10-16/h6-12,18H,5H2,1-4H3,(H,21,23). The molecule has 2 rings (SSSR count). The SMILES string of the molecule is CCC(C(=O)Nc1ccc(Cl)cc1C)N(c1ccc(C)cc1)S(C)(=O)=O. The van der Waals surface area contributed by atoms with Crippen molar-refractivity contribution >= 4 is 38.9 Å². The van der Waals surface area contributed by atoms with Gasteiger partial charge in [-0.1, -0.05) is 36.2 Å². The van der Waals surface area contributed by atoms with E-state index in [1.54, 1.807) is 37.3 Å². The van der Waals surface area contributed by atoms with Crippen LogP contribution < -0.4 is 9.62 Å². The van der Waals surface area contributed by atoms with Crippen LogP contribution in [-0.4, -0.2) is 26.6 Å². The molecule has 0 aromatic heterocycles. The van der Waals surface area contributed by atoms with Crippen molar-refractivity contribution in [1.82, 2.24) is 0 Å². The van der Waals surface area contributed by atoms with Crippen LogP contribution in [-0.2, 0) is 14.8 Å². The second-order valence-corrected chi connectivity index (χ2v) is 8.56. The van der Waals surface area contributed by atoms with Crippen molar-refractivity contribution in [2.45, 2.75) is 33.2 Å². The van der Waals surface area contributed by atoms with Gasteiger partial charge in [0.05, 0.1) is 11.9 Å². The fourth-order valence-electron chi connectivity index (χ4n) is 2.74. The van der Waals surface area contributed by atoms with Crippen molar-refractivity contribution in [3.8, 4) is 0 Å². The molecule has 1 amide bonds. The highest BCUT2D eigenvalue weighted by Crippen LogP contribution is 2.25. The number of nitrogens with one attached hydrogen (secondary N) is 1. The largest absolute Gasteiger partial charge is 0.324 e. The number of anilines is 2. The van der Waals surface area contributed by atoms with Crippen LogP contribution in [0.25, 0.3) is 0 Å². The minimum atomic E-state index is -3.64. The van der Waals surface area contributed by atoms with E-state index < -0.39 is 16.1 Å². The number of amides is 1. The van der Waals surface area contributed by atoms with Crippen LogP contribution in [0.15, 0.2) is 42.5 Å². The number of aryl methyl sites for hydroxylation is 2. The first-order valence-electron chi connectivity index (χ1n) is 8.26. The number of hydrogen-bond donors (Lipinski definition) is 1. The van der Waals surface area contributed by atoms with Gasteiger partial charge in [-0.15, -0.1) is 0 Å². The zero-order valence-electron chi connectivity index (χ0n) is 15.3. The van der Waals surface area contributed by atoms with E-state index in [1.807, 2.05) is 26.0 Å². The zero-order valence-corrected chi connectivity index (χ0v) is 16.9. The third kappa shape index (κ3) is 4.77. The molecule has 2 aromatic rings. The Bertz CT molecular complexity index is 896. The van der Waals surface area contributed by atoms with E-state index in [0.29, 0.717) is 22.8 Å². The molecule has 2 aromatic carbocycles. The van der Waals surface area contributed by atoms with Crippen molar-refractivity contribution in [3.63, 3.8) is 0 Å². The number of benzene rings is 2. The smallest absolute Gasteiger partial charge is 0.248 e. The predicted octanol–water partition coefficient (Wildman–Crippen LogP) is 4.14. The topological polar surface area (TPSA) is 66.5 Å². The van der Waals surface area contributed by atoms with Gasteiger partial charge in [-0.3, -0.25) is 9.10 Å². The fourth-order valence-corrected chi connectivity index (χ4v) is 4.17. The maximum absolute atomic E-state index is 12.9. The summed E-state index contributed by atoms with van der Waals surface area (Å²) in [7, 11) is -3.64. The Morgan fingerprint density at radius 1 is 1.15 bits per heavy atom. The highest BCUT2D eigenvalue weighted by Gasteiger charge is 2.31. The van der Waals surface area contributed by atoms with E-state index in [4.69, 9.17) is 11.6 Å². The molecule has 5 nitrogen and oxygen atoms in total. The number of rotatable bonds is 6. The molecule has 0 saturated carbocycles. The highest BCUT2D eigenvalue weighted by atomic mass is 35.5. The summed E-state index contributed by atoms with van der Waals surface area (Å²) in [6.07, 6.45) is 1.44. The van der Waals surface area contributed by atoms with Crippen LogP contribution in [0.1, 0.15) is 24.5 Å². The van der Waals surface area contributed by atoms with E-state index in [-0.39, 0.29) is 5.91 Å². The second kappa shape index (κ2) is 8.10. The Kier molecular flexibility index (Phi) is 6.31. The average Bonchev–Trinajstić information content (AvgIpc) is 2.55. The number of sulfonamides is 1. The number of nitrogens with zero attached hydrogens (tertiary/aromatic N) is 1. The molecule has 1 atom stereocenters. The van der Waals surface area contributed by atoms with Crippen molar-refractivity contribution in [1.29, 1.82) is 0 Å². The summed E-state index contributed by atoms with van der Waals surface area (Å²) in [5.41, 5.74) is 2.89. The lowest BCUT2D eigenvalue weighted by Gasteiger charge is -2.30. The van der Waals surface area contributed by atoms with Gasteiger partial charge in [-0.2, -0.15) is 0 Å². The van der Waals surface area contributed by atoms with Crippen molar-refractivity contribution in [2.24, 2.45) is 0 Å². The van der Waals surface area contributed by atoms with Crippen LogP contribution in [0.5, 0.6) is 0 Å². The van der Waals surface area contributed by atoms with Gasteiger partial charge in [0.1, 0.15) is 6.04 Å². The predicted molar refractivity (Wildman–Crippen MR) is 107 cm³/mol. The highest BCUT2D eigenvalue weighted by molar-refractivity contribution is 7.92. The van der Waals surface area contributed by atoms with Crippen molar-refractivity contribution < 1.29 is 13.2 Å². The minimum absolute atomic E-state index is 0.333. The third-order valence-corrected chi connectivity index (χ3v) is 5.48. The molecule has 1 unspecified atom stereocenters. The Morgan fingerprint density at radius 3 is 2.27 bits per heavy atom. The van der Waals surface area contributed by atoms with E-state index in [0.717, 1.165) is 17.4 Å². The van der Waals surface area contributed by atoms with E-state index in [1.165, 1.54) is 4.31 Å². The summed E-state index contributed by atoms with van der Waals surface area (Å²) < 4.78 is 26.0. The maximum Gasteiger partial charge on any atom is 0.248 e. The summed E-state index contributed by atoms with van der Waals surface area (Å²) in [5.74, 6) is -0.385. The number of carbonyl (C=O) groups is 1. The molecule has 1 N–H and O–H groups in total. The van der Waals surface area contributed by atoms with Gasteiger partial charge < -0.3 is 5.32 Å². The molecule has 0 bridgehead atoms. The van der Waals surface area contributed by atoms with Gasteiger partial charge in [0.15, 0.2) is 0 Å². The number of hydrogen-bond acceptors (Lipinski definition) is 3. The van der Waals surface area contributed by atoms with Crippen LogP contribution in [0.2, 0.25) is 5.02 Å². The Balaban J connectivity index is 2.38. The lowest BCUT2D eigenvalue weighted by Crippen LogP contribution is -2.47. The summed E-state index contributed by atoms with van der Waals surface area (Å²) in [5, 5.41) is 3.39. The van der Waals surface area contributed by atoms with Crippen molar-refractivity contribution in [2.75, 3.05) is 15.9 Å². The normalized spacial score (nSPS) is 12.5. The van der Waals surface area contributed by atoms with E-state index in [2.05, 4.69) is 5.32 Å². The Labute approximate surface area is 160 Å². The monoisotopic (exact) mass is 394 g/mol. The van der Waals surface area contributed by atoms with E-state index in [9.17, 15) is 13.2 Å². The molecule has 0 fully saturated rings. The van der Waals surface area contributed by atoms with Crippen LogP contribution in [0.4, 0.5) is 11.4 Å². The Morgan fingerprint density at radius 2 is 1.77 bits per heavy atom. The summed E-state index contributed by atoms with van der Waals surface area (Å²) >= 11 is 5.95. The van der Waals surface area contributed by atoms with Gasteiger partial charge in [0.2, 0.25) is 15.9 Å². The number of carbonyl (C=O) groups excluding carboxylic acids is 1. The number of halogens is 1. The first-order valence-corrected chi connectivity index (χ1v) is 10.5. The summed E-state index contributed by atoms with van der Waals surface area (Å²) in [4.78, 5) is 12.9. The zero-order chi connectivity index (χ0) is 19.5. The van der Waals surface area contributed by atoms with Gasteiger partial charge >= 0.3 is 0 Å². The van der Waals surface area contributed by atoms with Crippen molar-refractivity contribution in [3.05, 3.63) is 58.6 Å². The molecule has 0 aliphatic heterocycles. The molecule has 140 valence electrons. The van der Waals surface area contributed by atoms with Crippen LogP contribution in [0.3, 0.4) is 0 Å². The molecule has 0 heterocycles.